The molecule has 0 amide bonds. The third kappa shape index (κ3) is 2.57. The first-order valence-corrected chi connectivity index (χ1v) is 5.83. The summed E-state index contributed by atoms with van der Waals surface area (Å²) in [5, 5.41) is 10.1. The van der Waals surface area contributed by atoms with E-state index in [9.17, 15) is 5.11 Å². The van der Waals surface area contributed by atoms with Crippen molar-refractivity contribution in [3.63, 3.8) is 0 Å². The van der Waals surface area contributed by atoms with Gasteiger partial charge in [-0.25, -0.2) is 0 Å². The van der Waals surface area contributed by atoms with Gasteiger partial charge in [0.25, 0.3) is 0 Å². The number of aliphatic hydroxyl groups is 1. The second-order valence-corrected chi connectivity index (χ2v) is 4.03. The normalized spacial score (nSPS) is 21.6. The highest BCUT2D eigenvalue weighted by Gasteiger charge is 2.14. The summed E-state index contributed by atoms with van der Waals surface area (Å²) in [5.74, 6) is 0. The molecule has 1 atom stereocenters. The Morgan fingerprint density at radius 3 is 2.83 bits per heavy atom. The molecule has 0 heterocycles. The van der Waals surface area contributed by atoms with Crippen LogP contribution >= 0.6 is 0 Å². The van der Waals surface area contributed by atoms with Crippen LogP contribution in [0.1, 0.15) is 6.92 Å². The van der Waals surface area contributed by atoms with E-state index < -0.39 is 6.10 Å². The molecule has 0 saturated heterocycles. The molecular weight excluding hydrogens is 224 g/mol. The minimum atomic E-state index is -0.617. The van der Waals surface area contributed by atoms with Crippen molar-refractivity contribution in [1.82, 2.24) is 0 Å². The summed E-state index contributed by atoms with van der Waals surface area (Å²) in [6, 6.07) is 7.39. The second-order valence-electron chi connectivity index (χ2n) is 4.03. The van der Waals surface area contributed by atoms with Gasteiger partial charge < -0.3 is 10.8 Å². The van der Waals surface area contributed by atoms with E-state index in [-0.39, 0.29) is 0 Å². The quantitative estimate of drug-likeness (QED) is 0.617. The summed E-state index contributed by atoms with van der Waals surface area (Å²) >= 11 is 0. The van der Waals surface area contributed by atoms with Gasteiger partial charge in [-0.15, -0.1) is 0 Å². The molecule has 1 unspecified atom stereocenters. The molecule has 0 aliphatic heterocycles. The lowest BCUT2D eigenvalue weighted by Crippen LogP contribution is -2.15. The molecule has 1 aromatic rings. The minimum absolute atomic E-state index is 0.617. The highest BCUT2D eigenvalue weighted by Crippen LogP contribution is 2.22. The van der Waals surface area contributed by atoms with Crippen LogP contribution in [0.2, 0.25) is 0 Å². The van der Waals surface area contributed by atoms with Crippen LogP contribution in [0.15, 0.2) is 64.7 Å². The second kappa shape index (κ2) is 5.47. The van der Waals surface area contributed by atoms with Gasteiger partial charge in [0, 0.05) is 11.8 Å². The molecule has 2 rings (SSSR count). The van der Waals surface area contributed by atoms with Crippen LogP contribution in [-0.4, -0.2) is 17.4 Å². The lowest BCUT2D eigenvalue weighted by molar-refractivity contribution is 0.256. The molecule has 0 fully saturated rings. The smallest absolute Gasteiger partial charge is 0.105 e. The van der Waals surface area contributed by atoms with Crippen LogP contribution in [0.3, 0.4) is 0 Å². The average molecular weight is 240 g/mol. The fourth-order valence-corrected chi connectivity index (χ4v) is 1.76. The third-order valence-electron chi connectivity index (χ3n) is 2.83. The molecule has 1 aliphatic rings. The van der Waals surface area contributed by atoms with E-state index in [1.807, 2.05) is 49.4 Å². The highest BCUT2D eigenvalue weighted by molar-refractivity contribution is 5.86. The number of allylic oxidation sites excluding steroid dienone is 3. The minimum Gasteiger partial charge on any atom is -0.397 e. The Labute approximate surface area is 107 Å². The van der Waals surface area contributed by atoms with Crippen molar-refractivity contribution in [2.24, 2.45) is 4.99 Å². The molecule has 1 aliphatic carbocycles. The number of aliphatic imine (C=N–C) groups is 1. The van der Waals surface area contributed by atoms with Crippen molar-refractivity contribution in [2.75, 3.05) is 5.73 Å². The predicted molar refractivity (Wildman–Crippen MR) is 76.0 cm³/mol. The zero-order valence-corrected chi connectivity index (χ0v) is 10.2. The Morgan fingerprint density at radius 1 is 1.33 bits per heavy atom. The van der Waals surface area contributed by atoms with E-state index >= 15 is 0 Å². The Kier molecular flexibility index (Phi) is 3.75. The molecule has 1 aromatic carbocycles. The largest absolute Gasteiger partial charge is 0.397 e. The van der Waals surface area contributed by atoms with Crippen molar-refractivity contribution >= 4 is 17.6 Å². The summed E-state index contributed by atoms with van der Waals surface area (Å²) in [7, 11) is 0. The molecule has 3 nitrogen and oxygen atoms in total. The first kappa shape index (κ1) is 12.3. The number of benzene rings is 1. The SMILES string of the molecule is CC=C1C=CC=C(C=Nc2ccccc2N)C1O. The van der Waals surface area contributed by atoms with Crippen LogP contribution in [0.4, 0.5) is 11.4 Å². The summed E-state index contributed by atoms with van der Waals surface area (Å²) in [4.78, 5) is 4.31. The lowest BCUT2D eigenvalue weighted by Gasteiger charge is -2.15. The topological polar surface area (TPSA) is 58.6 Å². The van der Waals surface area contributed by atoms with Gasteiger partial charge in [0.15, 0.2) is 0 Å². The van der Waals surface area contributed by atoms with Gasteiger partial charge in [-0.2, -0.15) is 0 Å². The van der Waals surface area contributed by atoms with Crippen molar-refractivity contribution in [1.29, 1.82) is 0 Å². The van der Waals surface area contributed by atoms with Crippen LogP contribution in [-0.2, 0) is 0 Å². The maximum absolute atomic E-state index is 10.1. The molecule has 0 saturated carbocycles. The number of aliphatic hydroxyl groups excluding tert-OH is 1. The van der Waals surface area contributed by atoms with Crippen molar-refractivity contribution in [3.05, 3.63) is 59.7 Å². The maximum atomic E-state index is 10.1. The molecule has 0 aromatic heterocycles. The molecule has 0 bridgehead atoms. The Balaban J connectivity index is 2.22. The van der Waals surface area contributed by atoms with Crippen LogP contribution in [0, 0.1) is 0 Å². The number of hydrogen-bond donors (Lipinski definition) is 2. The van der Waals surface area contributed by atoms with Gasteiger partial charge in [-0.05, 0) is 24.6 Å². The molecular formula is C15H16N2O. The van der Waals surface area contributed by atoms with Crippen LogP contribution < -0.4 is 5.73 Å². The molecule has 0 radical (unpaired) electrons. The fraction of sp³-hybridized carbons (Fsp3) is 0.133. The number of hydrogen-bond acceptors (Lipinski definition) is 3. The fourth-order valence-electron chi connectivity index (χ4n) is 1.76. The van der Waals surface area contributed by atoms with Gasteiger partial charge in [-0.3, -0.25) is 4.99 Å². The first-order valence-electron chi connectivity index (χ1n) is 5.83. The summed E-state index contributed by atoms with van der Waals surface area (Å²) in [6.07, 6.45) is 8.56. The van der Waals surface area contributed by atoms with E-state index in [4.69, 9.17) is 5.73 Å². The average Bonchev–Trinajstić information content (AvgIpc) is 2.39. The Hall–Kier alpha value is -2.13. The van der Waals surface area contributed by atoms with Crippen molar-refractivity contribution in [3.8, 4) is 0 Å². The van der Waals surface area contributed by atoms with Crippen molar-refractivity contribution < 1.29 is 5.11 Å². The summed E-state index contributed by atoms with van der Waals surface area (Å²) in [6.45, 7) is 1.90. The maximum Gasteiger partial charge on any atom is 0.105 e. The number of nitrogens with zero attached hydrogens (tertiary/aromatic N) is 1. The molecule has 92 valence electrons. The van der Waals surface area contributed by atoms with Crippen molar-refractivity contribution in [2.45, 2.75) is 13.0 Å². The number of nitrogens with two attached hydrogens (primary N) is 1. The number of rotatable bonds is 2. The molecule has 0 spiro atoms. The number of para-hydroxylation sites is 2. The van der Waals surface area contributed by atoms with Gasteiger partial charge in [-0.1, -0.05) is 36.4 Å². The molecule has 3 heteroatoms. The third-order valence-corrected chi connectivity index (χ3v) is 2.83. The Morgan fingerprint density at radius 2 is 2.11 bits per heavy atom. The van der Waals surface area contributed by atoms with Gasteiger partial charge in [0.2, 0.25) is 0 Å². The zero-order chi connectivity index (χ0) is 13.0. The van der Waals surface area contributed by atoms with Crippen LogP contribution in [0.5, 0.6) is 0 Å². The van der Waals surface area contributed by atoms with E-state index in [1.54, 1.807) is 12.3 Å². The monoisotopic (exact) mass is 240 g/mol. The zero-order valence-electron chi connectivity index (χ0n) is 10.2. The number of nitrogen functional groups attached to an aromatic ring is 1. The first-order chi connectivity index (χ1) is 8.72. The van der Waals surface area contributed by atoms with E-state index in [0.717, 1.165) is 11.1 Å². The lowest BCUT2D eigenvalue weighted by atomic mass is 9.97. The summed E-state index contributed by atoms with van der Waals surface area (Å²) in [5.41, 5.74) is 8.77. The predicted octanol–water partition coefficient (Wildman–Crippen LogP) is 2.77. The van der Waals surface area contributed by atoms with Crippen LogP contribution in [0.25, 0.3) is 0 Å². The van der Waals surface area contributed by atoms with E-state index in [0.29, 0.717) is 11.4 Å². The Bertz CT molecular complexity index is 553. The molecule has 18 heavy (non-hydrogen) atoms. The summed E-state index contributed by atoms with van der Waals surface area (Å²) < 4.78 is 0. The van der Waals surface area contributed by atoms with E-state index in [1.165, 1.54) is 0 Å². The van der Waals surface area contributed by atoms with Gasteiger partial charge >= 0.3 is 0 Å². The van der Waals surface area contributed by atoms with Gasteiger partial charge in [0.1, 0.15) is 6.10 Å². The number of anilines is 1. The molecule has 3 N–H and O–H groups in total. The highest BCUT2D eigenvalue weighted by atomic mass is 16.3. The van der Waals surface area contributed by atoms with E-state index in [2.05, 4.69) is 4.99 Å². The standard InChI is InChI=1S/C15H16N2O/c1-2-11-6-5-7-12(15(11)18)10-17-14-9-4-3-8-13(14)16/h2-10,15,18H,16H2,1H3. The van der Waals surface area contributed by atoms with Gasteiger partial charge in [0.05, 0.1) is 11.4 Å².